The highest BCUT2D eigenvalue weighted by Gasteiger charge is 2.09. The molecule has 86 valence electrons. The Labute approximate surface area is 96.9 Å². The first-order valence-corrected chi connectivity index (χ1v) is 5.51. The Balaban J connectivity index is 3.06. The van der Waals surface area contributed by atoms with Crippen molar-refractivity contribution in [1.82, 2.24) is 0 Å². The summed E-state index contributed by atoms with van der Waals surface area (Å²) >= 11 is 0. The van der Waals surface area contributed by atoms with Crippen LogP contribution >= 0.6 is 0 Å². The van der Waals surface area contributed by atoms with Crippen molar-refractivity contribution in [3.8, 4) is 5.75 Å². The van der Waals surface area contributed by atoms with E-state index >= 15 is 0 Å². The minimum atomic E-state index is -0.0392. The topological polar surface area (TPSA) is 26.3 Å². The first-order chi connectivity index (χ1) is 7.60. The van der Waals surface area contributed by atoms with Gasteiger partial charge in [-0.05, 0) is 49.6 Å². The molecule has 0 aliphatic carbocycles. The SMILES string of the molecule is C=CC(=O)c1cc(C)c(OCCC)cc1C. The molecule has 0 saturated carbocycles. The summed E-state index contributed by atoms with van der Waals surface area (Å²) in [5.74, 6) is 0.822. The summed E-state index contributed by atoms with van der Waals surface area (Å²) in [6, 6.07) is 3.78. The lowest BCUT2D eigenvalue weighted by Gasteiger charge is -2.11. The number of carbonyl (C=O) groups is 1. The second-order valence-corrected chi connectivity index (χ2v) is 3.85. The molecule has 0 saturated heterocycles. The van der Waals surface area contributed by atoms with Gasteiger partial charge in [-0.3, -0.25) is 4.79 Å². The summed E-state index contributed by atoms with van der Waals surface area (Å²) in [7, 11) is 0. The Morgan fingerprint density at radius 1 is 1.38 bits per heavy atom. The minimum absolute atomic E-state index is 0.0392. The molecule has 0 N–H and O–H groups in total. The molecule has 0 aliphatic rings. The number of ketones is 1. The lowest BCUT2D eigenvalue weighted by molar-refractivity contribution is 0.104. The molecular weight excluding hydrogens is 200 g/mol. The van der Waals surface area contributed by atoms with Gasteiger partial charge in [0.15, 0.2) is 5.78 Å². The maximum absolute atomic E-state index is 11.6. The monoisotopic (exact) mass is 218 g/mol. The fourth-order valence-electron chi connectivity index (χ4n) is 1.53. The molecule has 0 spiro atoms. The summed E-state index contributed by atoms with van der Waals surface area (Å²) in [4.78, 5) is 11.6. The van der Waals surface area contributed by atoms with Gasteiger partial charge in [-0.15, -0.1) is 0 Å². The molecule has 0 atom stereocenters. The summed E-state index contributed by atoms with van der Waals surface area (Å²) < 4.78 is 5.60. The molecule has 0 aromatic heterocycles. The van der Waals surface area contributed by atoms with Gasteiger partial charge in [-0.25, -0.2) is 0 Å². The van der Waals surface area contributed by atoms with E-state index in [0.29, 0.717) is 12.2 Å². The fourth-order valence-corrected chi connectivity index (χ4v) is 1.53. The maximum Gasteiger partial charge on any atom is 0.185 e. The van der Waals surface area contributed by atoms with Crippen molar-refractivity contribution in [2.45, 2.75) is 27.2 Å². The number of hydrogen-bond acceptors (Lipinski definition) is 2. The third kappa shape index (κ3) is 2.72. The average Bonchev–Trinajstić information content (AvgIpc) is 2.28. The molecular formula is C14H18O2. The van der Waals surface area contributed by atoms with Gasteiger partial charge in [-0.2, -0.15) is 0 Å². The van der Waals surface area contributed by atoms with Gasteiger partial charge in [0, 0.05) is 5.56 Å². The fraction of sp³-hybridized carbons (Fsp3) is 0.357. The highest BCUT2D eigenvalue weighted by Crippen LogP contribution is 2.23. The van der Waals surface area contributed by atoms with Crippen molar-refractivity contribution < 1.29 is 9.53 Å². The van der Waals surface area contributed by atoms with Gasteiger partial charge in [0.2, 0.25) is 0 Å². The van der Waals surface area contributed by atoms with Crippen LogP contribution in [0.1, 0.15) is 34.8 Å². The maximum atomic E-state index is 11.6. The average molecular weight is 218 g/mol. The molecule has 2 nitrogen and oxygen atoms in total. The van der Waals surface area contributed by atoms with Crippen LogP contribution < -0.4 is 4.74 Å². The first-order valence-electron chi connectivity index (χ1n) is 5.51. The van der Waals surface area contributed by atoms with E-state index in [-0.39, 0.29) is 5.78 Å². The zero-order chi connectivity index (χ0) is 12.1. The molecule has 0 bridgehead atoms. The normalized spacial score (nSPS) is 9.94. The Bertz CT molecular complexity index is 405. The molecule has 0 amide bonds. The van der Waals surface area contributed by atoms with Crippen molar-refractivity contribution in [2.24, 2.45) is 0 Å². The first kappa shape index (κ1) is 12.5. The molecule has 0 radical (unpaired) electrons. The van der Waals surface area contributed by atoms with E-state index in [2.05, 4.69) is 13.5 Å². The van der Waals surface area contributed by atoms with E-state index in [4.69, 9.17) is 4.74 Å². The number of ether oxygens (including phenoxy) is 1. The minimum Gasteiger partial charge on any atom is -0.493 e. The van der Waals surface area contributed by atoms with Crippen LogP contribution in [-0.4, -0.2) is 12.4 Å². The number of hydrogen-bond donors (Lipinski definition) is 0. The summed E-state index contributed by atoms with van der Waals surface area (Å²) in [6.45, 7) is 10.1. The molecule has 16 heavy (non-hydrogen) atoms. The highest BCUT2D eigenvalue weighted by atomic mass is 16.5. The Morgan fingerprint density at radius 3 is 2.62 bits per heavy atom. The number of allylic oxidation sites excluding steroid dienone is 1. The van der Waals surface area contributed by atoms with E-state index in [1.165, 1.54) is 6.08 Å². The van der Waals surface area contributed by atoms with Crippen LogP contribution in [0.15, 0.2) is 24.8 Å². The van der Waals surface area contributed by atoms with Gasteiger partial charge < -0.3 is 4.74 Å². The number of rotatable bonds is 5. The molecule has 2 heteroatoms. The zero-order valence-corrected chi connectivity index (χ0v) is 10.2. The van der Waals surface area contributed by atoms with Crippen molar-refractivity contribution in [3.63, 3.8) is 0 Å². The van der Waals surface area contributed by atoms with Crippen LogP contribution in [-0.2, 0) is 0 Å². The Hall–Kier alpha value is -1.57. The van der Waals surface area contributed by atoms with E-state index in [9.17, 15) is 4.79 Å². The van der Waals surface area contributed by atoms with E-state index in [1.54, 1.807) is 0 Å². The molecule has 1 rings (SSSR count). The lowest BCUT2D eigenvalue weighted by Crippen LogP contribution is -2.02. The standard InChI is InChI=1S/C14H18O2/c1-5-7-16-14-9-10(3)12(8-11(14)4)13(15)6-2/h6,8-9H,2,5,7H2,1,3-4H3. The predicted octanol–water partition coefficient (Wildman–Crippen LogP) is 3.46. The van der Waals surface area contributed by atoms with Gasteiger partial charge in [0.25, 0.3) is 0 Å². The Kier molecular flexibility index (Phi) is 4.29. The molecule has 0 fully saturated rings. The summed E-state index contributed by atoms with van der Waals surface area (Å²) in [6.07, 6.45) is 2.32. The molecule has 0 unspecified atom stereocenters. The number of benzene rings is 1. The molecule has 1 aromatic rings. The van der Waals surface area contributed by atoms with Crippen molar-refractivity contribution in [2.75, 3.05) is 6.61 Å². The molecule has 1 aromatic carbocycles. The van der Waals surface area contributed by atoms with Gasteiger partial charge in [0.05, 0.1) is 6.61 Å². The van der Waals surface area contributed by atoms with Crippen LogP contribution in [0.5, 0.6) is 5.75 Å². The third-order valence-corrected chi connectivity index (χ3v) is 2.43. The lowest BCUT2D eigenvalue weighted by atomic mass is 10.0. The number of carbonyl (C=O) groups excluding carboxylic acids is 1. The smallest absolute Gasteiger partial charge is 0.185 e. The van der Waals surface area contributed by atoms with Crippen LogP contribution in [0, 0.1) is 13.8 Å². The third-order valence-electron chi connectivity index (χ3n) is 2.43. The van der Waals surface area contributed by atoms with Crippen LogP contribution in [0.4, 0.5) is 0 Å². The highest BCUT2D eigenvalue weighted by molar-refractivity contribution is 6.05. The van der Waals surface area contributed by atoms with E-state index < -0.39 is 0 Å². The second kappa shape index (κ2) is 5.50. The van der Waals surface area contributed by atoms with Crippen LogP contribution in [0.2, 0.25) is 0 Å². The van der Waals surface area contributed by atoms with E-state index in [0.717, 1.165) is 23.3 Å². The van der Waals surface area contributed by atoms with Gasteiger partial charge >= 0.3 is 0 Å². The second-order valence-electron chi connectivity index (χ2n) is 3.85. The quantitative estimate of drug-likeness (QED) is 0.559. The van der Waals surface area contributed by atoms with Crippen LogP contribution in [0.3, 0.4) is 0 Å². The molecule has 0 heterocycles. The molecule has 0 aliphatic heterocycles. The largest absolute Gasteiger partial charge is 0.493 e. The van der Waals surface area contributed by atoms with Crippen molar-refractivity contribution in [3.05, 3.63) is 41.5 Å². The zero-order valence-electron chi connectivity index (χ0n) is 10.2. The summed E-state index contributed by atoms with van der Waals surface area (Å²) in [5.41, 5.74) is 2.63. The van der Waals surface area contributed by atoms with Crippen molar-refractivity contribution >= 4 is 5.78 Å². The van der Waals surface area contributed by atoms with Crippen LogP contribution in [0.25, 0.3) is 0 Å². The van der Waals surface area contributed by atoms with Gasteiger partial charge in [0.1, 0.15) is 5.75 Å². The van der Waals surface area contributed by atoms with Gasteiger partial charge in [-0.1, -0.05) is 13.5 Å². The Morgan fingerprint density at radius 2 is 2.06 bits per heavy atom. The number of aryl methyl sites for hydroxylation is 2. The predicted molar refractivity (Wildman–Crippen MR) is 66.2 cm³/mol. The van der Waals surface area contributed by atoms with E-state index in [1.807, 2.05) is 26.0 Å². The summed E-state index contributed by atoms with van der Waals surface area (Å²) in [5, 5.41) is 0. The van der Waals surface area contributed by atoms with Crippen molar-refractivity contribution in [1.29, 1.82) is 0 Å².